The van der Waals surface area contributed by atoms with Crippen LogP contribution >= 0.6 is 0 Å². The van der Waals surface area contributed by atoms with Crippen LogP contribution in [0, 0.1) is 13.8 Å². The number of para-hydroxylation sites is 2. The van der Waals surface area contributed by atoms with Gasteiger partial charge >= 0.3 is 0 Å². The van der Waals surface area contributed by atoms with Gasteiger partial charge in [0.1, 0.15) is 11.0 Å². The number of anilines is 6. The molecule has 0 radical (unpaired) electrons. The molecule has 0 bridgehead atoms. The molecule has 322 valence electrons. The van der Waals surface area contributed by atoms with Crippen molar-refractivity contribution in [2.45, 2.75) is 33.1 Å². The third kappa shape index (κ3) is 7.15. The Morgan fingerprint density at radius 3 is 1.24 bits per heavy atom. The quantitative estimate of drug-likeness (QED) is 0.144. The van der Waals surface area contributed by atoms with Gasteiger partial charge in [-0.15, -0.1) is 0 Å². The van der Waals surface area contributed by atoms with Crippen LogP contribution in [0.5, 0.6) is 0 Å². The van der Waals surface area contributed by atoms with E-state index in [2.05, 4.69) is 232 Å². The standard InChI is InChI=1S/C61H46N4O2/c1-39-15-33-57-55(35-39)62-59(66-57)42-19-26-48(27-20-42)64(45-11-7-5-8-12-45)47-24-17-41(18-25-47)44-23-31-51-52-32-30-50(38-54(52)61(3,4)53(51)37-44)65(46-13-9-6-10-14-46)49-28-21-43(22-29-49)60-63-56-36-40(2)16-34-58(56)67-60/h5-38H,1-4H3. The first kappa shape index (κ1) is 40.1. The van der Waals surface area contributed by atoms with E-state index < -0.39 is 0 Å². The minimum atomic E-state index is -0.235. The molecular formula is C61H46N4O2. The summed E-state index contributed by atoms with van der Waals surface area (Å²) in [6.07, 6.45) is 0. The molecule has 67 heavy (non-hydrogen) atoms. The lowest BCUT2D eigenvalue weighted by Crippen LogP contribution is -2.16. The molecule has 6 nitrogen and oxygen atoms in total. The van der Waals surface area contributed by atoms with Gasteiger partial charge in [0.15, 0.2) is 11.2 Å². The van der Waals surface area contributed by atoms with E-state index in [1.54, 1.807) is 0 Å². The molecule has 2 aromatic heterocycles. The minimum Gasteiger partial charge on any atom is -0.436 e. The summed E-state index contributed by atoms with van der Waals surface area (Å²) in [4.78, 5) is 14.2. The van der Waals surface area contributed by atoms with Gasteiger partial charge in [0.05, 0.1) is 0 Å². The number of hydrogen-bond acceptors (Lipinski definition) is 6. The van der Waals surface area contributed by atoms with Crippen molar-refractivity contribution in [1.29, 1.82) is 0 Å². The first-order valence-corrected chi connectivity index (χ1v) is 22.8. The molecule has 0 atom stereocenters. The Labute approximate surface area is 390 Å². The molecule has 11 aromatic rings. The van der Waals surface area contributed by atoms with Crippen LogP contribution in [0.1, 0.15) is 36.1 Å². The van der Waals surface area contributed by atoms with E-state index in [1.165, 1.54) is 33.4 Å². The van der Waals surface area contributed by atoms with Gasteiger partial charge in [-0.3, -0.25) is 0 Å². The molecule has 0 unspecified atom stereocenters. The molecule has 0 saturated heterocycles. The van der Waals surface area contributed by atoms with Crippen molar-refractivity contribution in [1.82, 2.24) is 9.97 Å². The monoisotopic (exact) mass is 866 g/mol. The zero-order valence-electron chi connectivity index (χ0n) is 37.7. The molecule has 2 heterocycles. The number of fused-ring (bicyclic) bond motifs is 5. The van der Waals surface area contributed by atoms with E-state index in [0.29, 0.717) is 11.8 Å². The van der Waals surface area contributed by atoms with Gasteiger partial charge in [-0.05, 0) is 186 Å². The van der Waals surface area contributed by atoms with Crippen molar-refractivity contribution >= 4 is 56.3 Å². The van der Waals surface area contributed by atoms with Crippen LogP contribution in [-0.2, 0) is 5.41 Å². The first-order valence-electron chi connectivity index (χ1n) is 22.8. The number of aromatic nitrogens is 2. The van der Waals surface area contributed by atoms with Crippen LogP contribution in [0.2, 0.25) is 0 Å². The Balaban J connectivity index is 0.837. The van der Waals surface area contributed by atoms with Crippen molar-refractivity contribution < 1.29 is 8.83 Å². The molecule has 0 fully saturated rings. The Morgan fingerprint density at radius 2 is 0.746 bits per heavy atom. The highest BCUT2D eigenvalue weighted by molar-refractivity contribution is 5.88. The predicted octanol–water partition coefficient (Wildman–Crippen LogP) is 16.8. The molecule has 1 aliphatic carbocycles. The molecule has 0 N–H and O–H groups in total. The summed E-state index contributed by atoms with van der Waals surface area (Å²) in [5.74, 6) is 1.24. The molecule has 6 heteroatoms. The first-order chi connectivity index (χ1) is 32.7. The summed E-state index contributed by atoms with van der Waals surface area (Å²) in [6.45, 7) is 8.85. The van der Waals surface area contributed by atoms with E-state index in [9.17, 15) is 0 Å². The Morgan fingerprint density at radius 1 is 0.358 bits per heavy atom. The highest BCUT2D eigenvalue weighted by Gasteiger charge is 2.36. The lowest BCUT2D eigenvalue weighted by atomic mass is 9.81. The van der Waals surface area contributed by atoms with Gasteiger partial charge in [-0.2, -0.15) is 0 Å². The average molecular weight is 867 g/mol. The number of hydrogen-bond donors (Lipinski definition) is 0. The van der Waals surface area contributed by atoms with Crippen LogP contribution in [0.25, 0.3) is 67.4 Å². The van der Waals surface area contributed by atoms with Crippen molar-refractivity contribution in [3.8, 4) is 45.2 Å². The third-order valence-corrected chi connectivity index (χ3v) is 13.2. The molecule has 1 aliphatic rings. The lowest BCUT2D eigenvalue weighted by Gasteiger charge is -2.28. The number of rotatable bonds is 9. The van der Waals surface area contributed by atoms with E-state index in [0.717, 1.165) is 78.6 Å². The summed E-state index contributed by atoms with van der Waals surface area (Å²) >= 11 is 0. The molecule has 0 spiro atoms. The second kappa shape index (κ2) is 15.9. The lowest BCUT2D eigenvalue weighted by molar-refractivity contribution is 0.619. The number of nitrogens with zero attached hydrogens (tertiary/aromatic N) is 4. The molecule has 0 amide bonds. The van der Waals surface area contributed by atoms with E-state index in [4.69, 9.17) is 18.8 Å². The molecule has 0 aliphatic heterocycles. The van der Waals surface area contributed by atoms with Crippen molar-refractivity contribution in [2.75, 3.05) is 9.80 Å². The van der Waals surface area contributed by atoms with Gasteiger partial charge in [0, 0.05) is 50.7 Å². The summed E-state index contributed by atoms with van der Waals surface area (Å²) in [5.41, 5.74) is 21.3. The van der Waals surface area contributed by atoms with Gasteiger partial charge in [0.25, 0.3) is 0 Å². The number of oxazole rings is 2. The normalized spacial score (nSPS) is 12.6. The zero-order valence-corrected chi connectivity index (χ0v) is 37.7. The highest BCUT2D eigenvalue weighted by atomic mass is 16.4. The summed E-state index contributed by atoms with van der Waals surface area (Å²) in [5, 5.41) is 0. The maximum atomic E-state index is 6.16. The topological polar surface area (TPSA) is 58.5 Å². The van der Waals surface area contributed by atoms with E-state index in [1.807, 2.05) is 12.1 Å². The fourth-order valence-corrected chi connectivity index (χ4v) is 9.72. The van der Waals surface area contributed by atoms with Gasteiger partial charge in [-0.25, -0.2) is 9.97 Å². The van der Waals surface area contributed by atoms with Crippen LogP contribution < -0.4 is 9.80 Å². The number of benzene rings is 9. The van der Waals surface area contributed by atoms with Crippen molar-refractivity contribution in [2.24, 2.45) is 0 Å². The minimum absolute atomic E-state index is 0.235. The second-order valence-electron chi connectivity index (χ2n) is 18.1. The van der Waals surface area contributed by atoms with Crippen LogP contribution in [-0.4, -0.2) is 9.97 Å². The average Bonchev–Trinajstić information content (AvgIpc) is 4.05. The Kier molecular flexibility index (Phi) is 9.50. The maximum Gasteiger partial charge on any atom is 0.227 e. The van der Waals surface area contributed by atoms with Gasteiger partial charge in [-0.1, -0.05) is 92.7 Å². The molecular weight excluding hydrogens is 821 g/mol. The molecule has 12 rings (SSSR count). The van der Waals surface area contributed by atoms with Gasteiger partial charge in [0.2, 0.25) is 11.8 Å². The highest BCUT2D eigenvalue weighted by Crippen LogP contribution is 2.52. The predicted molar refractivity (Wildman–Crippen MR) is 274 cm³/mol. The zero-order chi connectivity index (χ0) is 45.2. The summed E-state index contributed by atoms with van der Waals surface area (Å²) in [6, 6.07) is 73.1. The SMILES string of the molecule is Cc1ccc2oc(-c3ccc(N(c4ccccc4)c4ccc(-c5ccc6c(c5)C(C)(C)c5cc(N(c7ccccc7)c7ccc(-c8nc9cc(C)ccc9o8)cc7)ccc5-6)cc4)cc3)nc2c1. The smallest absolute Gasteiger partial charge is 0.227 e. The second-order valence-corrected chi connectivity index (χ2v) is 18.1. The van der Waals surface area contributed by atoms with Crippen LogP contribution in [0.3, 0.4) is 0 Å². The van der Waals surface area contributed by atoms with E-state index in [-0.39, 0.29) is 5.41 Å². The van der Waals surface area contributed by atoms with Crippen LogP contribution in [0.15, 0.2) is 215 Å². The Hall–Kier alpha value is -8.48. The van der Waals surface area contributed by atoms with Crippen molar-refractivity contribution in [3.63, 3.8) is 0 Å². The van der Waals surface area contributed by atoms with Gasteiger partial charge < -0.3 is 18.6 Å². The summed E-state index contributed by atoms with van der Waals surface area (Å²) < 4.78 is 12.3. The molecule has 9 aromatic carbocycles. The fraction of sp³-hybridized carbons (Fsp3) is 0.0820. The number of aryl methyl sites for hydroxylation is 2. The summed E-state index contributed by atoms with van der Waals surface area (Å²) in [7, 11) is 0. The molecule has 0 saturated carbocycles. The third-order valence-electron chi connectivity index (χ3n) is 13.2. The Bertz CT molecular complexity index is 3610. The fourth-order valence-electron chi connectivity index (χ4n) is 9.72. The largest absolute Gasteiger partial charge is 0.436 e. The van der Waals surface area contributed by atoms with Crippen molar-refractivity contribution in [3.05, 3.63) is 229 Å². The maximum absolute atomic E-state index is 6.16. The van der Waals surface area contributed by atoms with E-state index >= 15 is 0 Å². The van der Waals surface area contributed by atoms with Crippen LogP contribution in [0.4, 0.5) is 34.1 Å².